The molecule has 1 atom stereocenters. The molecule has 4 aromatic carbocycles. The van der Waals surface area contributed by atoms with E-state index in [9.17, 15) is 4.79 Å². The van der Waals surface area contributed by atoms with Gasteiger partial charge in [0.2, 0.25) is 0 Å². The Hall–Kier alpha value is -3.56. The van der Waals surface area contributed by atoms with Gasteiger partial charge < -0.3 is 4.74 Å². The van der Waals surface area contributed by atoms with Crippen molar-refractivity contribution in [1.82, 2.24) is 0 Å². The molecule has 2 nitrogen and oxygen atoms in total. The van der Waals surface area contributed by atoms with Crippen LogP contribution in [0, 0.1) is 0 Å². The second-order valence-electron chi connectivity index (χ2n) is 7.70. The van der Waals surface area contributed by atoms with Crippen LogP contribution in [0.3, 0.4) is 0 Å². The van der Waals surface area contributed by atoms with E-state index in [4.69, 9.17) is 4.74 Å². The van der Waals surface area contributed by atoms with E-state index in [-0.39, 0.29) is 5.25 Å². The predicted molar refractivity (Wildman–Crippen MR) is 137 cm³/mol. The molecule has 164 valence electrons. The molecule has 4 aromatic rings. The van der Waals surface area contributed by atoms with E-state index in [0.29, 0.717) is 5.57 Å². The molecule has 0 N–H and O–H groups in total. The summed E-state index contributed by atoms with van der Waals surface area (Å²) in [5.74, 6) is -0.403. The molecule has 0 aliphatic carbocycles. The maximum absolute atomic E-state index is 12.7. The standard InChI is InChI=1S/C30H26O2S/c1-23(29(31)32-2)28(24-15-7-3-8-16-24)33-30(25-17-9-4-10-18-25,26-19-11-5-12-20-26)27-21-13-6-14-22-27/h3-22,28H,1H2,2H3/t28-/m1/s1. The number of carbonyl (C=O) groups is 1. The topological polar surface area (TPSA) is 26.3 Å². The lowest BCUT2D eigenvalue weighted by molar-refractivity contribution is -0.136. The smallest absolute Gasteiger partial charge is 0.334 e. The molecule has 4 rings (SSSR count). The minimum absolute atomic E-state index is 0.320. The van der Waals surface area contributed by atoms with Gasteiger partial charge in [0.1, 0.15) is 0 Å². The van der Waals surface area contributed by atoms with E-state index in [0.717, 1.165) is 22.3 Å². The molecule has 0 unspecified atom stereocenters. The van der Waals surface area contributed by atoms with Gasteiger partial charge in [0.15, 0.2) is 0 Å². The van der Waals surface area contributed by atoms with E-state index in [2.05, 4.69) is 79.4 Å². The van der Waals surface area contributed by atoms with Crippen LogP contribution in [0.1, 0.15) is 27.5 Å². The van der Waals surface area contributed by atoms with Gasteiger partial charge in [0.05, 0.1) is 17.1 Å². The van der Waals surface area contributed by atoms with Gasteiger partial charge in [0, 0.05) is 5.57 Å². The Kier molecular flexibility index (Phi) is 7.11. The first-order valence-corrected chi connectivity index (χ1v) is 11.7. The molecule has 0 heterocycles. The summed E-state index contributed by atoms with van der Waals surface area (Å²) in [5, 5.41) is -0.320. The Morgan fingerprint density at radius 2 is 1.06 bits per heavy atom. The lowest BCUT2D eigenvalue weighted by atomic mass is 9.84. The SMILES string of the molecule is C=C(C(=O)OC)[C@@H](SC(c1ccccc1)(c1ccccc1)c1ccccc1)c1ccccc1. The molecular formula is C30H26O2S. The number of carbonyl (C=O) groups excluding carboxylic acids is 1. The summed E-state index contributed by atoms with van der Waals surface area (Å²) in [7, 11) is 1.40. The van der Waals surface area contributed by atoms with Gasteiger partial charge in [-0.05, 0) is 22.3 Å². The molecule has 0 radical (unpaired) electrons. The van der Waals surface area contributed by atoms with Crippen LogP contribution in [0.25, 0.3) is 0 Å². The number of hydrogen-bond acceptors (Lipinski definition) is 3. The molecule has 0 saturated heterocycles. The Morgan fingerprint density at radius 1 is 0.697 bits per heavy atom. The predicted octanol–water partition coefficient (Wildman–Crippen LogP) is 7.18. The molecule has 0 aliphatic rings. The van der Waals surface area contributed by atoms with Crippen LogP contribution >= 0.6 is 11.8 Å². The van der Waals surface area contributed by atoms with Crippen molar-refractivity contribution in [3.8, 4) is 0 Å². The van der Waals surface area contributed by atoms with Gasteiger partial charge in [-0.2, -0.15) is 0 Å². The third kappa shape index (κ3) is 4.64. The number of rotatable bonds is 8. The van der Waals surface area contributed by atoms with Gasteiger partial charge in [-0.25, -0.2) is 4.79 Å². The third-order valence-electron chi connectivity index (χ3n) is 5.70. The first-order valence-electron chi connectivity index (χ1n) is 10.8. The normalized spacial score (nSPS) is 12.0. The number of thioether (sulfide) groups is 1. The number of esters is 1. The average molecular weight is 451 g/mol. The maximum atomic E-state index is 12.7. The first-order chi connectivity index (χ1) is 16.2. The fourth-order valence-electron chi connectivity index (χ4n) is 4.11. The second-order valence-corrected chi connectivity index (χ2v) is 9.02. The molecule has 0 saturated carbocycles. The molecular weight excluding hydrogens is 424 g/mol. The van der Waals surface area contributed by atoms with Gasteiger partial charge in [-0.3, -0.25) is 0 Å². The summed E-state index contributed by atoms with van der Waals surface area (Å²) >= 11 is 1.70. The Balaban J connectivity index is 1.99. The van der Waals surface area contributed by atoms with Crippen molar-refractivity contribution in [3.05, 3.63) is 156 Å². The molecule has 0 spiro atoms. The first kappa shape index (κ1) is 22.6. The van der Waals surface area contributed by atoms with Crippen LogP contribution < -0.4 is 0 Å². The number of benzene rings is 4. The highest BCUT2D eigenvalue weighted by Crippen LogP contribution is 2.55. The van der Waals surface area contributed by atoms with Crippen LogP contribution in [0.2, 0.25) is 0 Å². The van der Waals surface area contributed by atoms with E-state index >= 15 is 0 Å². The molecule has 0 aliphatic heterocycles. The fraction of sp³-hybridized carbons (Fsp3) is 0.100. The maximum Gasteiger partial charge on any atom is 0.334 e. The molecule has 0 amide bonds. The Bertz CT molecular complexity index is 1090. The van der Waals surface area contributed by atoms with Gasteiger partial charge in [-0.1, -0.05) is 128 Å². The molecule has 0 fully saturated rings. The monoisotopic (exact) mass is 450 g/mol. The van der Waals surface area contributed by atoms with Gasteiger partial charge in [-0.15, -0.1) is 11.8 Å². The molecule has 0 bridgehead atoms. The Labute approximate surface area is 200 Å². The van der Waals surface area contributed by atoms with Crippen LogP contribution in [-0.4, -0.2) is 13.1 Å². The van der Waals surface area contributed by atoms with Crippen molar-refractivity contribution >= 4 is 17.7 Å². The van der Waals surface area contributed by atoms with Crippen molar-refractivity contribution in [1.29, 1.82) is 0 Å². The van der Waals surface area contributed by atoms with E-state index in [1.54, 1.807) is 11.8 Å². The summed E-state index contributed by atoms with van der Waals surface area (Å²) in [4.78, 5) is 12.7. The summed E-state index contributed by atoms with van der Waals surface area (Å²) < 4.78 is 4.51. The van der Waals surface area contributed by atoms with E-state index in [1.165, 1.54) is 7.11 Å². The highest BCUT2D eigenvalue weighted by Gasteiger charge is 2.41. The summed E-state index contributed by atoms with van der Waals surface area (Å²) in [5.41, 5.74) is 4.81. The van der Waals surface area contributed by atoms with Crippen LogP contribution in [0.15, 0.2) is 133 Å². The minimum atomic E-state index is -0.582. The lowest BCUT2D eigenvalue weighted by Crippen LogP contribution is -2.28. The Morgan fingerprint density at radius 3 is 1.42 bits per heavy atom. The zero-order chi connectivity index (χ0) is 23.1. The number of hydrogen-bond donors (Lipinski definition) is 0. The van der Waals surface area contributed by atoms with Crippen molar-refractivity contribution in [2.24, 2.45) is 0 Å². The number of methoxy groups -OCH3 is 1. The largest absolute Gasteiger partial charge is 0.466 e. The zero-order valence-corrected chi connectivity index (χ0v) is 19.4. The lowest BCUT2D eigenvalue weighted by Gasteiger charge is -2.38. The minimum Gasteiger partial charge on any atom is -0.466 e. The second kappa shape index (κ2) is 10.4. The summed E-state index contributed by atoms with van der Waals surface area (Å²) in [6, 6.07) is 41.4. The summed E-state index contributed by atoms with van der Waals surface area (Å²) in [6.45, 7) is 4.17. The van der Waals surface area contributed by atoms with Crippen LogP contribution in [-0.2, 0) is 14.3 Å². The molecule has 33 heavy (non-hydrogen) atoms. The summed E-state index contributed by atoms with van der Waals surface area (Å²) in [6.07, 6.45) is 0. The van der Waals surface area contributed by atoms with Crippen LogP contribution in [0.5, 0.6) is 0 Å². The third-order valence-corrected chi connectivity index (χ3v) is 7.56. The van der Waals surface area contributed by atoms with Crippen molar-refractivity contribution < 1.29 is 9.53 Å². The van der Waals surface area contributed by atoms with Gasteiger partial charge in [0.25, 0.3) is 0 Å². The number of ether oxygens (including phenoxy) is 1. The zero-order valence-electron chi connectivity index (χ0n) is 18.6. The molecule has 3 heteroatoms. The van der Waals surface area contributed by atoms with E-state index < -0.39 is 10.7 Å². The quantitative estimate of drug-likeness (QED) is 0.162. The van der Waals surface area contributed by atoms with Crippen molar-refractivity contribution in [2.45, 2.75) is 10.00 Å². The highest BCUT2D eigenvalue weighted by molar-refractivity contribution is 8.01. The fourth-order valence-corrected chi connectivity index (χ4v) is 5.81. The van der Waals surface area contributed by atoms with Crippen LogP contribution in [0.4, 0.5) is 0 Å². The van der Waals surface area contributed by atoms with Crippen molar-refractivity contribution in [2.75, 3.05) is 7.11 Å². The van der Waals surface area contributed by atoms with Crippen molar-refractivity contribution in [3.63, 3.8) is 0 Å². The molecule has 0 aromatic heterocycles. The highest BCUT2D eigenvalue weighted by atomic mass is 32.2. The average Bonchev–Trinajstić information content (AvgIpc) is 2.91. The van der Waals surface area contributed by atoms with E-state index in [1.807, 2.05) is 48.5 Å². The van der Waals surface area contributed by atoms with Gasteiger partial charge >= 0.3 is 5.97 Å².